The predicted octanol–water partition coefficient (Wildman–Crippen LogP) is 2.58. The first-order valence-electron chi connectivity index (χ1n) is 13.2. The minimum absolute atomic E-state index is 0.0177. The Morgan fingerprint density at radius 2 is 2.08 bits per heavy atom. The zero-order valence-electron chi connectivity index (χ0n) is 22.9. The molecule has 0 aliphatic carbocycles. The van der Waals surface area contributed by atoms with Gasteiger partial charge >= 0.3 is 0 Å². The van der Waals surface area contributed by atoms with E-state index in [0.29, 0.717) is 43.8 Å². The van der Waals surface area contributed by atoms with Crippen molar-refractivity contribution in [2.45, 2.75) is 45.5 Å². The SMILES string of the molecule is CCOc1nn([C@@H](C)CO)c2c1/C=C/c1[nH]nc3ncc(cc13)-c1c(C)nn(C)c1O[C@@H]1COC[C@H]1N(C)C2. The molecule has 2 bridgehead atoms. The summed E-state index contributed by atoms with van der Waals surface area (Å²) in [5.41, 5.74) is 5.87. The third-order valence-electron chi connectivity index (χ3n) is 7.52. The highest BCUT2D eigenvalue weighted by molar-refractivity contribution is 5.91. The van der Waals surface area contributed by atoms with Gasteiger partial charge < -0.3 is 19.3 Å². The maximum atomic E-state index is 10.0. The van der Waals surface area contributed by atoms with E-state index >= 15 is 0 Å². The average Bonchev–Trinajstić information content (AvgIpc) is 3.68. The van der Waals surface area contributed by atoms with Crippen LogP contribution in [-0.4, -0.2) is 90.4 Å². The third-order valence-corrected chi connectivity index (χ3v) is 7.52. The smallest absolute Gasteiger partial charge is 0.240 e. The molecule has 0 amide bonds. The van der Waals surface area contributed by atoms with Crippen LogP contribution < -0.4 is 9.47 Å². The summed E-state index contributed by atoms with van der Waals surface area (Å²) in [5, 5.41) is 27.9. The summed E-state index contributed by atoms with van der Waals surface area (Å²) in [4.78, 5) is 6.85. The number of hydrogen-bond acceptors (Lipinski definition) is 9. The van der Waals surface area contributed by atoms with Crippen LogP contribution in [0, 0.1) is 6.92 Å². The molecule has 0 spiro atoms. The average molecular weight is 535 g/mol. The topological polar surface area (TPSA) is 128 Å². The van der Waals surface area contributed by atoms with Crippen LogP contribution in [0.1, 0.15) is 42.5 Å². The molecule has 0 unspecified atom stereocenters. The van der Waals surface area contributed by atoms with Crippen molar-refractivity contribution in [3.8, 4) is 22.9 Å². The first-order valence-corrected chi connectivity index (χ1v) is 13.2. The zero-order valence-corrected chi connectivity index (χ0v) is 22.9. The van der Waals surface area contributed by atoms with Crippen LogP contribution in [-0.2, 0) is 18.3 Å². The van der Waals surface area contributed by atoms with Gasteiger partial charge in [-0.15, -0.1) is 5.10 Å². The maximum absolute atomic E-state index is 10.0. The number of nitrogens with one attached hydrogen (secondary N) is 1. The van der Waals surface area contributed by atoms with E-state index in [9.17, 15) is 5.11 Å². The Labute approximate surface area is 226 Å². The van der Waals surface area contributed by atoms with Gasteiger partial charge in [0.15, 0.2) is 5.65 Å². The van der Waals surface area contributed by atoms with Gasteiger partial charge in [0.1, 0.15) is 6.10 Å². The fourth-order valence-electron chi connectivity index (χ4n) is 5.47. The number of aryl methyl sites for hydroxylation is 2. The summed E-state index contributed by atoms with van der Waals surface area (Å²) < 4.78 is 22.2. The third kappa shape index (κ3) is 4.38. The normalized spacial score (nSPS) is 21.1. The number of aliphatic hydroxyl groups excluding tert-OH is 1. The molecule has 3 atom stereocenters. The molecule has 0 radical (unpaired) electrons. The van der Waals surface area contributed by atoms with Gasteiger partial charge in [-0.05, 0) is 46.0 Å². The fraction of sp³-hybridized carbons (Fsp3) is 0.481. The second-order valence-electron chi connectivity index (χ2n) is 10.2. The Balaban J connectivity index is 1.57. The van der Waals surface area contributed by atoms with Crippen LogP contribution in [0.25, 0.3) is 34.3 Å². The van der Waals surface area contributed by atoms with Crippen molar-refractivity contribution in [1.82, 2.24) is 39.6 Å². The Hall–Kier alpha value is -3.74. The lowest BCUT2D eigenvalue weighted by Crippen LogP contribution is -2.43. The molecule has 2 aliphatic rings. The minimum atomic E-state index is -0.233. The number of aromatic amines is 1. The van der Waals surface area contributed by atoms with Gasteiger partial charge in [-0.25, -0.2) is 9.67 Å². The first kappa shape index (κ1) is 25.5. The van der Waals surface area contributed by atoms with Crippen molar-refractivity contribution in [3.63, 3.8) is 0 Å². The number of fused-ring (bicyclic) bond motifs is 5. The van der Waals surface area contributed by atoms with Gasteiger partial charge in [-0.3, -0.25) is 14.7 Å². The number of ether oxygens (including phenoxy) is 3. The molecule has 6 rings (SSSR count). The number of H-pyrrole nitrogens is 1. The van der Waals surface area contributed by atoms with Gasteiger partial charge in [-0.1, -0.05) is 0 Å². The number of nitrogens with zero attached hydrogens (tertiary/aromatic N) is 7. The summed E-state index contributed by atoms with van der Waals surface area (Å²) in [5.74, 6) is 1.20. The number of aromatic nitrogens is 7. The van der Waals surface area contributed by atoms with Crippen LogP contribution >= 0.6 is 0 Å². The van der Waals surface area contributed by atoms with E-state index in [0.717, 1.165) is 39.2 Å². The maximum Gasteiger partial charge on any atom is 0.240 e. The molecule has 2 N–H and O–H groups in total. The molecule has 0 aromatic carbocycles. The molecule has 12 heteroatoms. The van der Waals surface area contributed by atoms with Crippen molar-refractivity contribution in [2.24, 2.45) is 7.05 Å². The van der Waals surface area contributed by atoms with Crippen LogP contribution in [0.15, 0.2) is 12.3 Å². The molecule has 4 aromatic heterocycles. The predicted molar refractivity (Wildman–Crippen MR) is 145 cm³/mol. The van der Waals surface area contributed by atoms with E-state index in [1.54, 1.807) is 4.68 Å². The lowest BCUT2D eigenvalue weighted by molar-refractivity contribution is 0.102. The molecule has 1 fully saturated rings. The first-order chi connectivity index (χ1) is 18.9. The van der Waals surface area contributed by atoms with Crippen molar-refractivity contribution >= 4 is 23.2 Å². The van der Waals surface area contributed by atoms with Crippen molar-refractivity contribution in [3.05, 3.63) is 34.9 Å². The summed E-state index contributed by atoms with van der Waals surface area (Å²) in [6.07, 6.45) is 5.58. The quantitative estimate of drug-likeness (QED) is 0.406. The number of rotatable bonds is 4. The van der Waals surface area contributed by atoms with Gasteiger partial charge in [0.2, 0.25) is 11.8 Å². The molecule has 4 aromatic rings. The standard InChI is InChI=1S/C27H34N8O4/c1-6-38-26-18-7-8-20-19-9-17(10-28-25(19)30-29-20)24-16(3)31-34(5)27(24)39-23-14-37-13-22(23)33(4)11-21(18)35(32-26)15(2)12-36/h7-10,15,22-23,36H,6,11-14H2,1-5H3,(H,28,29,30)/b8-7+/t15-,22+,23+/m0/s1. The van der Waals surface area contributed by atoms with E-state index in [4.69, 9.17) is 19.3 Å². The van der Waals surface area contributed by atoms with Crippen LogP contribution in [0.5, 0.6) is 11.8 Å². The molecule has 6 heterocycles. The minimum Gasteiger partial charge on any atom is -0.476 e. The van der Waals surface area contributed by atoms with Crippen LogP contribution in [0.4, 0.5) is 0 Å². The van der Waals surface area contributed by atoms with E-state index in [1.807, 2.05) is 50.8 Å². The van der Waals surface area contributed by atoms with E-state index in [-0.39, 0.29) is 24.8 Å². The Morgan fingerprint density at radius 1 is 1.23 bits per heavy atom. The van der Waals surface area contributed by atoms with Gasteiger partial charge in [-0.2, -0.15) is 10.2 Å². The number of likely N-dealkylation sites (N-methyl/N-ethyl adjacent to an activating group) is 1. The van der Waals surface area contributed by atoms with Crippen molar-refractivity contribution < 1.29 is 19.3 Å². The molecule has 12 nitrogen and oxygen atoms in total. The van der Waals surface area contributed by atoms with E-state index in [1.165, 1.54) is 0 Å². The summed E-state index contributed by atoms with van der Waals surface area (Å²) in [6.45, 7) is 7.82. The lowest BCUT2D eigenvalue weighted by atomic mass is 10.1. The second kappa shape index (κ2) is 10.1. The van der Waals surface area contributed by atoms with Crippen LogP contribution in [0.3, 0.4) is 0 Å². The molecule has 2 aliphatic heterocycles. The van der Waals surface area contributed by atoms with E-state index < -0.39 is 0 Å². The Kier molecular flexibility index (Phi) is 6.61. The molecular weight excluding hydrogens is 500 g/mol. The van der Waals surface area contributed by atoms with Gasteiger partial charge in [0, 0.05) is 30.7 Å². The summed E-state index contributed by atoms with van der Waals surface area (Å²) >= 11 is 0. The van der Waals surface area contributed by atoms with E-state index in [2.05, 4.69) is 38.3 Å². The van der Waals surface area contributed by atoms with Crippen LogP contribution in [0.2, 0.25) is 0 Å². The number of aliphatic hydroxyl groups is 1. The van der Waals surface area contributed by atoms with Gasteiger partial charge in [0.25, 0.3) is 0 Å². The highest BCUT2D eigenvalue weighted by Gasteiger charge is 2.36. The van der Waals surface area contributed by atoms with Gasteiger partial charge in [0.05, 0.1) is 66.7 Å². The fourth-order valence-corrected chi connectivity index (χ4v) is 5.47. The molecule has 206 valence electrons. The van der Waals surface area contributed by atoms with Crippen molar-refractivity contribution in [2.75, 3.05) is 33.5 Å². The number of hydrogen-bond donors (Lipinski definition) is 2. The molecule has 39 heavy (non-hydrogen) atoms. The highest BCUT2D eigenvalue weighted by atomic mass is 16.6. The Bertz CT molecular complexity index is 1540. The van der Waals surface area contributed by atoms with Crippen molar-refractivity contribution in [1.29, 1.82) is 0 Å². The molecular formula is C27H34N8O4. The second-order valence-corrected chi connectivity index (χ2v) is 10.2. The Morgan fingerprint density at radius 3 is 2.87 bits per heavy atom. The monoisotopic (exact) mass is 534 g/mol. The molecule has 0 saturated carbocycles. The lowest BCUT2D eigenvalue weighted by Gasteiger charge is -2.29. The molecule has 1 saturated heterocycles. The highest BCUT2D eigenvalue weighted by Crippen LogP contribution is 2.37. The number of pyridine rings is 1. The zero-order chi connectivity index (χ0) is 27.3. The summed E-state index contributed by atoms with van der Waals surface area (Å²) in [6, 6.07) is 1.82. The summed E-state index contributed by atoms with van der Waals surface area (Å²) in [7, 11) is 3.95. The largest absolute Gasteiger partial charge is 0.476 e.